The zero-order chi connectivity index (χ0) is 23.7. The van der Waals surface area contributed by atoms with Crippen molar-refractivity contribution in [2.75, 3.05) is 6.54 Å². The summed E-state index contributed by atoms with van der Waals surface area (Å²) in [7, 11) is 0. The van der Waals surface area contributed by atoms with Gasteiger partial charge in [0.05, 0.1) is 19.3 Å². The first-order chi connectivity index (χ1) is 16.5. The van der Waals surface area contributed by atoms with Crippen LogP contribution in [-0.4, -0.2) is 44.0 Å². The monoisotopic (exact) mass is 459 g/mol. The van der Waals surface area contributed by atoms with E-state index < -0.39 is 12.2 Å². The highest BCUT2D eigenvalue weighted by atomic mass is 16.6. The predicted octanol–water partition coefficient (Wildman–Crippen LogP) is 2.29. The third-order valence-electron chi connectivity index (χ3n) is 5.78. The second-order valence-electron chi connectivity index (χ2n) is 8.37. The molecule has 5 rings (SSSR count). The maximum atomic E-state index is 12.9. The van der Waals surface area contributed by atoms with Crippen molar-refractivity contribution in [3.05, 3.63) is 82.5 Å². The minimum absolute atomic E-state index is 0.151. The number of para-hydroxylation sites is 2. The van der Waals surface area contributed by atoms with E-state index in [4.69, 9.17) is 9.47 Å². The van der Waals surface area contributed by atoms with E-state index in [-0.39, 0.29) is 11.5 Å². The molecule has 9 heteroatoms. The lowest BCUT2D eigenvalue weighted by Crippen LogP contribution is -2.49. The number of hydrogen-bond acceptors (Lipinski definition) is 6. The van der Waals surface area contributed by atoms with Crippen molar-refractivity contribution in [2.45, 2.75) is 39.1 Å². The predicted molar refractivity (Wildman–Crippen MR) is 126 cm³/mol. The Labute approximate surface area is 195 Å². The number of fused-ring (bicyclic) bond motifs is 2. The second kappa shape index (κ2) is 9.01. The van der Waals surface area contributed by atoms with Gasteiger partial charge < -0.3 is 14.8 Å². The smallest absolute Gasteiger partial charge is 0.265 e. The molecule has 174 valence electrons. The first-order valence-corrected chi connectivity index (χ1v) is 11.2. The molecule has 1 aliphatic rings. The minimum atomic E-state index is -0.754. The summed E-state index contributed by atoms with van der Waals surface area (Å²) >= 11 is 0. The maximum Gasteiger partial charge on any atom is 0.265 e. The molecule has 0 radical (unpaired) electrons. The van der Waals surface area contributed by atoms with Gasteiger partial charge in [0.15, 0.2) is 17.1 Å². The van der Waals surface area contributed by atoms with Crippen molar-refractivity contribution in [1.82, 2.24) is 24.6 Å². The molecule has 2 aromatic heterocycles. The standard InChI is InChI=1S/C25H25N5O4/c1-16-6-5-7-18(12-16)14-29-15-27-23-19(25(29)32)13-28-30(23)11-10-26-24(31)22-17(2)33-20-8-3-4-9-21(20)34-22/h3-9,12-13,15,17,22H,10-11,14H2,1-2H3,(H,26,31). The van der Waals surface area contributed by atoms with Crippen molar-refractivity contribution in [1.29, 1.82) is 0 Å². The first-order valence-electron chi connectivity index (χ1n) is 11.2. The molecule has 0 spiro atoms. The molecule has 1 N–H and O–H groups in total. The molecule has 2 atom stereocenters. The molecule has 0 saturated carbocycles. The fraction of sp³-hybridized carbons (Fsp3) is 0.280. The molecule has 1 amide bonds. The third-order valence-corrected chi connectivity index (χ3v) is 5.78. The van der Waals surface area contributed by atoms with E-state index in [2.05, 4.69) is 15.4 Å². The van der Waals surface area contributed by atoms with Gasteiger partial charge in [-0.3, -0.25) is 14.2 Å². The van der Waals surface area contributed by atoms with Crippen molar-refractivity contribution in [3.63, 3.8) is 0 Å². The van der Waals surface area contributed by atoms with Gasteiger partial charge in [-0.15, -0.1) is 0 Å². The summed E-state index contributed by atoms with van der Waals surface area (Å²) in [6.07, 6.45) is 1.89. The Bertz CT molecular complexity index is 1410. The molecule has 9 nitrogen and oxygen atoms in total. The van der Waals surface area contributed by atoms with Gasteiger partial charge in [0, 0.05) is 6.54 Å². The van der Waals surface area contributed by atoms with E-state index in [9.17, 15) is 9.59 Å². The maximum absolute atomic E-state index is 12.9. The van der Waals surface area contributed by atoms with Crippen LogP contribution in [0.1, 0.15) is 18.1 Å². The largest absolute Gasteiger partial charge is 0.482 e. The average Bonchev–Trinajstić information content (AvgIpc) is 3.24. The lowest BCUT2D eigenvalue weighted by atomic mass is 10.1. The van der Waals surface area contributed by atoms with Crippen LogP contribution in [0.4, 0.5) is 0 Å². The van der Waals surface area contributed by atoms with Gasteiger partial charge in [-0.2, -0.15) is 5.10 Å². The highest BCUT2D eigenvalue weighted by Crippen LogP contribution is 2.33. The van der Waals surface area contributed by atoms with Gasteiger partial charge in [0.25, 0.3) is 11.5 Å². The van der Waals surface area contributed by atoms with Gasteiger partial charge in [-0.05, 0) is 31.5 Å². The zero-order valence-electron chi connectivity index (χ0n) is 19.0. The van der Waals surface area contributed by atoms with E-state index in [1.807, 2.05) is 49.4 Å². The number of benzene rings is 2. The molecule has 34 heavy (non-hydrogen) atoms. The van der Waals surface area contributed by atoms with Crippen molar-refractivity contribution in [2.24, 2.45) is 0 Å². The number of aromatic nitrogens is 4. The average molecular weight is 460 g/mol. The summed E-state index contributed by atoms with van der Waals surface area (Å²) in [5, 5.41) is 7.61. The molecule has 4 aromatic rings. The van der Waals surface area contributed by atoms with Crippen LogP contribution < -0.4 is 20.3 Å². The minimum Gasteiger partial charge on any atom is -0.482 e. The van der Waals surface area contributed by atoms with Gasteiger partial charge in [0.2, 0.25) is 6.10 Å². The Balaban J connectivity index is 1.24. The zero-order valence-corrected chi connectivity index (χ0v) is 19.0. The molecule has 3 heterocycles. The van der Waals surface area contributed by atoms with Crippen LogP contribution in [-0.2, 0) is 17.9 Å². The summed E-state index contributed by atoms with van der Waals surface area (Å²) in [4.78, 5) is 30.1. The Kier molecular flexibility index (Phi) is 5.75. The number of amides is 1. The van der Waals surface area contributed by atoms with E-state index in [1.54, 1.807) is 22.2 Å². The lowest BCUT2D eigenvalue weighted by molar-refractivity contribution is -0.133. The van der Waals surface area contributed by atoms with Crippen LogP contribution in [0.15, 0.2) is 65.8 Å². The summed E-state index contributed by atoms with van der Waals surface area (Å²) in [6, 6.07) is 15.3. The molecule has 0 fully saturated rings. The number of carbonyl (C=O) groups excluding carboxylic acids is 1. The van der Waals surface area contributed by atoms with Crippen LogP contribution in [0, 0.1) is 6.92 Å². The summed E-state index contributed by atoms with van der Waals surface area (Å²) in [5.41, 5.74) is 2.50. The number of nitrogens with zero attached hydrogens (tertiary/aromatic N) is 4. The SMILES string of the molecule is Cc1cccc(Cn2cnc3c(cnn3CCNC(=O)C3Oc4ccccc4OC3C)c2=O)c1. The molecule has 2 unspecified atom stereocenters. The van der Waals surface area contributed by atoms with Crippen LogP contribution >= 0.6 is 0 Å². The van der Waals surface area contributed by atoms with E-state index >= 15 is 0 Å². The highest BCUT2D eigenvalue weighted by Gasteiger charge is 2.33. The van der Waals surface area contributed by atoms with Crippen LogP contribution in [0.3, 0.4) is 0 Å². The van der Waals surface area contributed by atoms with Crippen molar-refractivity contribution < 1.29 is 14.3 Å². The van der Waals surface area contributed by atoms with Gasteiger partial charge >= 0.3 is 0 Å². The summed E-state index contributed by atoms with van der Waals surface area (Å²) in [6.45, 7) is 4.92. The third kappa shape index (κ3) is 4.24. The first kappa shape index (κ1) is 21.7. The Morgan fingerprint density at radius 1 is 1.12 bits per heavy atom. The number of aryl methyl sites for hydroxylation is 1. The highest BCUT2D eigenvalue weighted by molar-refractivity contribution is 5.82. The van der Waals surface area contributed by atoms with E-state index in [1.165, 1.54) is 12.5 Å². The number of nitrogens with one attached hydrogen (secondary N) is 1. The Morgan fingerprint density at radius 3 is 2.71 bits per heavy atom. The molecule has 0 bridgehead atoms. The van der Waals surface area contributed by atoms with Gasteiger partial charge in [-0.25, -0.2) is 9.67 Å². The molecular formula is C25H25N5O4. The lowest BCUT2D eigenvalue weighted by Gasteiger charge is -2.31. The Morgan fingerprint density at radius 2 is 1.91 bits per heavy atom. The van der Waals surface area contributed by atoms with E-state index in [0.29, 0.717) is 42.2 Å². The molecule has 1 aliphatic heterocycles. The van der Waals surface area contributed by atoms with Crippen LogP contribution in [0.25, 0.3) is 11.0 Å². The number of rotatable bonds is 6. The van der Waals surface area contributed by atoms with Gasteiger partial charge in [0.1, 0.15) is 17.8 Å². The fourth-order valence-corrected chi connectivity index (χ4v) is 4.07. The summed E-state index contributed by atoms with van der Waals surface area (Å²) < 4.78 is 14.8. The van der Waals surface area contributed by atoms with Crippen molar-refractivity contribution in [3.8, 4) is 11.5 Å². The number of hydrogen-bond donors (Lipinski definition) is 1. The quantitative estimate of drug-likeness (QED) is 0.475. The van der Waals surface area contributed by atoms with Crippen LogP contribution in [0.2, 0.25) is 0 Å². The second-order valence-corrected chi connectivity index (χ2v) is 8.37. The normalized spacial score (nSPS) is 17.0. The molecule has 0 aliphatic carbocycles. The number of ether oxygens (including phenoxy) is 2. The van der Waals surface area contributed by atoms with Crippen LogP contribution in [0.5, 0.6) is 11.5 Å². The molecule has 0 saturated heterocycles. The molecule has 2 aromatic carbocycles. The fourth-order valence-electron chi connectivity index (χ4n) is 4.07. The Hall–Kier alpha value is -4.14. The number of carbonyl (C=O) groups is 1. The topological polar surface area (TPSA) is 100 Å². The van der Waals surface area contributed by atoms with E-state index in [0.717, 1.165) is 11.1 Å². The van der Waals surface area contributed by atoms with Gasteiger partial charge in [-0.1, -0.05) is 42.0 Å². The summed E-state index contributed by atoms with van der Waals surface area (Å²) in [5.74, 6) is 0.901. The van der Waals surface area contributed by atoms with Crippen molar-refractivity contribution >= 4 is 16.9 Å². The molecular weight excluding hydrogens is 434 g/mol.